The van der Waals surface area contributed by atoms with Gasteiger partial charge in [-0.2, -0.15) is 0 Å². The molecule has 0 fully saturated rings. The molecule has 0 nitrogen and oxygen atoms in total. The van der Waals surface area contributed by atoms with Crippen LogP contribution in [0.2, 0.25) is 0 Å². The monoisotopic (exact) mass is 554 g/mol. The molecule has 0 saturated heterocycles. The van der Waals surface area contributed by atoms with E-state index in [1.807, 2.05) is 12.1 Å². The molecular formula is C32H28Nd-4. The van der Waals surface area contributed by atoms with E-state index in [9.17, 15) is 0 Å². The third-order valence-corrected chi connectivity index (χ3v) is 5.45. The summed E-state index contributed by atoms with van der Waals surface area (Å²) in [5.41, 5.74) is 5.18. The first-order valence-electron chi connectivity index (χ1n) is 10.3. The maximum Gasteiger partial charge on any atom is 0 e. The van der Waals surface area contributed by atoms with Crippen LogP contribution in [-0.4, -0.2) is 0 Å². The zero-order valence-corrected chi connectivity index (χ0v) is 22.4. The van der Waals surface area contributed by atoms with E-state index in [2.05, 4.69) is 121 Å². The number of benzene rings is 4. The van der Waals surface area contributed by atoms with E-state index in [4.69, 9.17) is 0 Å². The average Bonchev–Trinajstić information content (AvgIpc) is 3.45. The van der Waals surface area contributed by atoms with Crippen LogP contribution < -0.4 is 0 Å². The molecule has 0 atom stereocenters. The van der Waals surface area contributed by atoms with E-state index in [-0.39, 0.29) is 55.7 Å². The molecule has 0 aliphatic heterocycles. The minimum atomic E-state index is 0. The van der Waals surface area contributed by atoms with Crippen LogP contribution in [0, 0.1) is 55.7 Å². The van der Waals surface area contributed by atoms with Crippen molar-refractivity contribution in [3.05, 3.63) is 148 Å². The molecule has 0 N–H and O–H groups in total. The molecule has 1 heteroatoms. The molecule has 0 spiro atoms. The van der Waals surface area contributed by atoms with Gasteiger partial charge in [-0.1, -0.05) is 108 Å². The summed E-state index contributed by atoms with van der Waals surface area (Å²) in [4.78, 5) is 0. The fraction of sp³-hybridized carbons (Fsp3) is 0. The molecule has 164 valence electrons. The molecule has 6 aromatic carbocycles. The van der Waals surface area contributed by atoms with Gasteiger partial charge >= 0.3 is 0 Å². The van der Waals surface area contributed by atoms with E-state index in [1.165, 1.54) is 43.8 Å². The first-order chi connectivity index (χ1) is 14.9. The van der Waals surface area contributed by atoms with E-state index in [0.717, 1.165) is 0 Å². The van der Waals surface area contributed by atoms with Crippen molar-refractivity contribution in [2.45, 2.75) is 0 Å². The van der Waals surface area contributed by atoms with Crippen molar-refractivity contribution < 1.29 is 40.8 Å². The Morgan fingerprint density at radius 3 is 1.09 bits per heavy atom. The van der Waals surface area contributed by atoms with Gasteiger partial charge in [-0.05, 0) is 0 Å². The molecule has 6 rings (SSSR count). The van der Waals surface area contributed by atoms with Crippen molar-refractivity contribution in [2.24, 2.45) is 0 Å². The summed E-state index contributed by atoms with van der Waals surface area (Å²) in [6, 6.07) is 46.9. The quantitative estimate of drug-likeness (QED) is 0.186. The molecule has 0 bridgehead atoms. The van der Waals surface area contributed by atoms with Crippen LogP contribution in [0.4, 0.5) is 0 Å². The molecule has 0 amide bonds. The van der Waals surface area contributed by atoms with Gasteiger partial charge in [-0.15, -0.1) is 69.1 Å². The zero-order chi connectivity index (χ0) is 20.2. The van der Waals surface area contributed by atoms with Gasteiger partial charge in [0.2, 0.25) is 0 Å². The Kier molecular flexibility index (Phi) is 10.2. The summed E-state index contributed by atoms with van der Waals surface area (Å²) in [6.45, 7) is 0. The fourth-order valence-electron chi connectivity index (χ4n) is 3.90. The predicted octanol–water partition coefficient (Wildman–Crippen LogP) is 9.35. The number of hydrogen-bond acceptors (Lipinski definition) is 0. The van der Waals surface area contributed by atoms with Crippen LogP contribution in [0.25, 0.3) is 43.8 Å². The third-order valence-electron chi connectivity index (χ3n) is 5.45. The first kappa shape index (κ1) is 26.7. The molecule has 0 heterocycles. The van der Waals surface area contributed by atoms with Crippen molar-refractivity contribution in [1.29, 1.82) is 0 Å². The molecule has 0 saturated carbocycles. The Balaban J connectivity index is 0.000000214. The maximum atomic E-state index is 2.24. The Bertz CT molecular complexity index is 1200. The van der Waals surface area contributed by atoms with Crippen LogP contribution in [0.3, 0.4) is 0 Å². The number of hydrogen-bond donors (Lipinski definition) is 0. The molecule has 6 aromatic rings. The Labute approximate surface area is 231 Å². The van der Waals surface area contributed by atoms with Gasteiger partial charge < -0.3 is 14.9 Å². The summed E-state index contributed by atoms with van der Waals surface area (Å²) in [5, 5.41) is 5.26. The molecule has 0 aromatic heterocycles. The summed E-state index contributed by atoms with van der Waals surface area (Å²) in [5.74, 6) is 0. The van der Waals surface area contributed by atoms with Crippen LogP contribution in [0.5, 0.6) is 0 Å². The van der Waals surface area contributed by atoms with Crippen LogP contribution in [-0.2, 0) is 0 Å². The van der Waals surface area contributed by atoms with Gasteiger partial charge in [0.1, 0.15) is 0 Å². The molecule has 33 heavy (non-hydrogen) atoms. The van der Waals surface area contributed by atoms with Crippen LogP contribution >= 0.6 is 0 Å². The summed E-state index contributed by atoms with van der Waals surface area (Å²) >= 11 is 0. The van der Waals surface area contributed by atoms with Gasteiger partial charge in [-0.3, -0.25) is 0 Å². The van der Waals surface area contributed by atoms with E-state index in [0.29, 0.717) is 0 Å². The third kappa shape index (κ3) is 6.28. The summed E-state index contributed by atoms with van der Waals surface area (Å²) in [7, 11) is 0. The normalized spacial score (nSPS) is 9.70. The maximum absolute atomic E-state index is 2.24. The van der Waals surface area contributed by atoms with Crippen molar-refractivity contribution >= 4 is 21.5 Å². The second kappa shape index (κ2) is 12.6. The summed E-state index contributed by atoms with van der Waals surface area (Å²) in [6.07, 6.45) is 0. The van der Waals surface area contributed by atoms with Gasteiger partial charge in [0, 0.05) is 40.8 Å². The Hall–Kier alpha value is -2.55. The fourth-order valence-corrected chi connectivity index (χ4v) is 3.90. The first-order valence-corrected chi connectivity index (χ1v) is 10.3. The van der Waals surface area contributed by atoms with Crippen molar-refractivity contribution in [1.82, 2.24) is 0 Å². The Morgan fingerprint density at radius 1 is 0.394 bits per heavy atom. The minimum Gasteiger partial charge on any atom is -0.358 e. The SMILES string of the molecule is [CH3-].[CH3-].[Nd].c1ccc(-c2cc3ccccc3[cH-]2)cc1.c1ccc(-c2cc3ccccc3[cH-]2)cc1. The van der Waals surface area contributed by atoms with Crippen molar-refractivity contribution in [3.63, 3.8) is 0 Å². The van der Waals surface area contributed by atoms with Crippen molar-refractivity contribution in [2.75, 3.05) is 0 Å². The molecule has 0 aliphatic rings. The molecule has 0 aliphatic carbocycles. The molecule has 0 radical (unpaired) electrons. The number of rotatable bonds is 2. The van der Waals surface area contributed by atoms with E-state index in [1.54, 1.807) is 0 Å². The molecule has 0 unspecified atom stereocenters. The standard InChI is InChI=1S/2C15H11.2CH3.Nd/c2*1-2-6-12(7-3-1)15-10-13-8-4-5-9-14(13)11-15;;;/h2*1-11H;2*1H3;/q4*-1;. The van der Waals surface area contributed by atoms with Crippen LogP contribution in [0.1, 0.15) is 0 Å². The second-order valence-corrected chi connectivity index (χ2v) is 7.48. The van der Waals surface area contributed by atoms with Gasteiger partial charge in [0.05, 0.1) is 0 Å². The van der Waals surface area contributed by atoms with Gasteiger partial charge in [0.15, 0.2) is 0 Å². The predicted molar refractivity (Wildman–Crippen MR) is 143 cm³/mol. The molecular weight excluding hydrogens is 529 g/mol. The van der Waals surface area contributed by atoms with Gasteiger partial charge in [0.25, 0.3) is 0 Å². The van der Waals surface area contributed by atoms with E-state index >= 15 is 0 Å². The zero-order valence-electron chi connectivity index (χ0n) is 19.2. The topological polar surface area (TPSA) is 0 Å². The summed E-state index contributed by atoms with van der Waals surface area (Å²) < 4.78 is 0. The van der Waals surface area contributed by atoms with Crippen molar-refractivity contribution in [3.8, 4) is 22.3 Å². The van der Waals surface area contributed by atoms with E-state index < -0.39 is 0 Å². The Morgan fingerprint density at radius 2 is 0.727 bits per heavy atom. The largest absolute Gasteiger partial charge is 0.358 e. The second-order valence-electron chi connectivity index (χ2n) is 7.48. The smallest absolute Gasteiger partial charge is 0 e. The average molecular weight is 557 g/mol. The minimum absolute atomic E-state index is 0. The van der Waals surface area contributed by atoms with Gasteiger partial charge in [-0.25, -0.2) is 0 Å². The number of fused-ring (bicyclic) bond motifs is 2. The van der Waals surface area contributed by atoms with Crippen LogP contribution in [0.15, 0.2) is 133 Å².